The molecule has 1 fully saturated rings. The molecule has 1 aliphatic heterocycles. The first-order valence-electron chi connectivity index (χ1n) is 6.51. The minimum Gasteiger partial charge on any atom is -0.439 e. The van der Waals surface area contributed by atoms with Crippen LogP contribution in [0.3, 0.4) is 0 Å². The molecule has 2 amide bonds. The molecule has 0 bridgehead atoms. The number of nitrogens with zero attached hydrogens (tertiary/aromatic N) is 1. The summed E-state index contributed by atoms with van der Waals surface area (Å²) in [4.78, 5) is 26.0. The number of likely N-dealkylation sites (N-methyl/N-ethyl adjacent to an activating group) is 1. The number of ether oxygens (including phenoxy) is 1. The SMILES string of the molecule is CN1C(=O)OC2CC=C(C(=O)Nc3ccc(S)cc3)C=C21. The van der Waals surface area contributed by atoms with Crippen LogP contribution in [0.25, 0.3) is 0 Å². The number of carbonyl (C=O) groups is 2. The fraction of sp³-hybridized carbons (Fsp3) is 0.200. The van der Waals surface area contributed by atoms with E-state index in [4.69, 9.17) is 4.74 Å². The topological polar surface area (TPSA) is 58.6 Å². The van der Waals surface area contributed by atoms with Crippen LogP contribution in [0.2, 0.25) is 0 Å². The predicted molar refractivity (Wildman–Crippen MR) is 81.1 cm³/mol. The summed E-state index contributed by atoms with van der Waals surface area (Å²) in [7, 11) is 1.64. The number of rotatable bonds is 2. The Morgan fingerprint density at radius 3 is 2.81 bits per heavy atom. The van der Waals surface area contributed by atoms with Crippen LogP contribution in [0.5, 0.6) is 0 Å². The smallest absolute Gasteiger partial charge is 0.414 e. The Kier molecular flexibility index (Phi) is 3.47. The van der Waals surface area contributed by atoms with Crippen molar-refractivity contribution in [3.8, 4) is 0 Å². The van der Waals surface area contributed by atoms with E-state index in [1.807, 2.05) is 0 Å². The Morgan fingerprint density at radius 2 is 2.10 bits per heavy atom. The summed E-state index contributed by atoms with van der Waals surface area (Å²) >= 11 is 4.20. The Morgan fingerprint density at radius 1 is 1.38 bits per heavy atom. The van der Waals surface area contributed by atoms with Crippen molar-refractivity contribution < 1.29 is 14.3 Å². The quantitative estimate of drug-likeness (QED) is 0.826. The van der Waals surface area contributed by atoms with Gasteiger partial charge in [-0.25, -0.2) is 4.79 Å². The molecule has 1 aliphatic carbocycles. The van der Waals surface area contributed by atoms with Gasteiger partial charge in [0.15, 0.2) is 0 Å². The lowest BCUT2D eigenvalue weighted by molar-refractivity contribution is -0.112. The monoisotopic (exact) mass is 302 g/mol. The molecule has 0 radical (unpaired) electrons. The van der Waals surface area contributed by atoms with Crippen LogP contribution in [-0.4, -0.2) is 30.1 Å². The Hall–Kier alpha value is -2.21. The number of hydrogen-bond donors (Lipinski definition) is 2. The molecule has 0 saturated carbocycles. The second-order valence-electron chi connectivity index (χ2n) is 4.90. The van der Waals surface area contributed by atoms with Crippen molar-refractivity contribution in [2.24, 2.45) is 0 Å². The molecule has 1 aromatic rings. The Labute approximate surface area is 127 Å². The van der Waals surface area contributed by atoms with Crippen LogP contribution in [0.1, 0.15) is 6.42 Å². The van der Waals surface area contributed by atoms with Gasteiger partial charge < -0.3 is 10.1 Å². The van der Waals surface area contributed by atoms with Crippen molar-refractivity contribution in [3.05, 3.63) is 47.7 Å². The van der Waals surface area contributed by atoms with E-state index in [0.29, 0.717) is 17.7 Å². The van der Waals surface area contributed by atoms with Gasteiger partial charge >= 0.3 is 6.09 Å². The summed E-state index contributed by atoms with van der Waals surface area (Å²) in [5.74, 6) is -0.208. The summed E-state index contributed by atoms with van der Waals surface area (Å²) in [6, 6.07) is 7.18. The second-order valence-corrected chi connectivity index (χ2v) is 5.41. The van der Waals surface area contributed by atoms with E-state index in [0.717, 1.165) is 10.6 Å². The third-order valence-electron chi connectivity index (χ3n) is 3.48. The van der Waals surface area contributed by atoms with Crippen LogP contribution in [0.15, 0.2) is 52.6 Å². The molecule has 1 heterocycles. The first-order chi connectivity index (χ1) is 10.0. The van der Waals surface area contributed by atoms with E-state index in [2.05, 4.69) is 17.9 Å². The summed E-state index contributed by atoms with van der Waals surface area (Å²) in [6.07, 6.45) is 3.33. The standard InChI is InChI=1S/C15H14N2O3S/c1-17-12-8-9(2-7-13(12)20-15(17)19)14(18)16-10-3-5-11(21)6-4-10/h2-6,8,13,21H,7H2,1H3,(H,16,18). The number of thiol groups is 1. The third kappa shape index (κ3) is 2.67. The van der Waals surface area contributed by atoms with Gasteiger partial charge in [-0.3, -0.25) is 9.69 Å². The lowest BCUT2D eigenvalue weighted by Gasteiger charge is -2.17. The highest BCUT2D eigenvalue weighted by molar-refractivity contribution is 7.80. The summed E-state index contributed by atoms with van der Waals surface area (Å²) in [5, 5.41) is 2.81. The second kappa shape index (κ2) is 5.29. The van der Waals surface area contributed by atoms with Crippen LogP contribution in [0, 0.1) is 0 Å². The number of anilines is 1. The van der Waals surface area contributed by atoms with Crippen molar-refractivity contribution in [2.45, 2.75) is 17.4 Å². The number of carbonyl (C=O) groups excluding carboxylic acids is 2. The van der Waals surface area contributed by atoms with Gasteiger partial charge in [-0.15, -0.1) is 12.6 Å². The van der Waals surface area contributed by atoms with E-state index in [1.165, 1.54) is 4.90 Å². The highest BCUT2D eigenvalue weighted by Crippen LogP contribution is 2.29. The Balaban J connectivity index is 1.75. The number of nitrogens with one attached hydrogen (secondary N) is 1. The van der Waals surface area contributed by atoms with E-state index in [-0.39, 0.29) is 18.1 Å². The predicted octanol–water partition coefficient (Wildman–Crippen LogP) is 2.58. The van der Waals surface area contributed by atoms with Gasteiger partial charge in [0, 0.05) is 29.6 Å². The van der Waals surface area contributed by atoms with Gasteiger partial charge in [-0.2, -0.15) is 0 Å². The van der Waals surface area contributed by atoms with Crippen molar-refractivity contribution in [1.29, 1.82) is 0 Å². The fourth-order valence-corrected chi connectivity index (χ4v) is 2.45. The average molecular weight is 302 g/mol. The Bertz CT molecular complexity index is 664. The summed E-state index contributed by atoms with van der Waals surface area (Å²) in [5.41, 5.74) is 1.95. The molecule has 108 valence electrons. The molecule has 1 aromatic carbocycles. The van der Waals surface area contributed by atoms with E-state index in [9.17, 15) is 9.59 Å². The first-order valence-corrected chi connectivity index (χ1v) is 6.96. The average Bonchev–Trinajstić information content (AvgIpc) is 2.76. The molecular weight excluding hydrogens is 288 g/mol. The van der Waals surface area contributed by atoms with Crippen LogP contribution in [0.4, 0.5) is 10.5 Å². The maximum Gasteiger partial charge on any atom is 0.414 e. The third-order valence-corrected chi connectivity index (χ3v) is 3.77. The van der Waals surface area contributed by atoms with Crippen LogP contribution < -0.4 is 5.32 Å². The zero-order valence-electron chi connectivity index (χ0n) is 11.4. The maximum atomic E-state index is 12.2. The van der Waals surface area contributed by atoms with Crippen molar-refractivity contribution >= 4 is 30.3 Å². The molecule has 3 rings (SSSR count). The molecule has 5 nitrogen and oxygen atoms in total. The number of benzene rings is 1. The number of fused-ring (bicyclic) bond motifs is 1. The van der Waals surface area contributed by atoms with Gasteiger partial charge in [-0.05, 0) is 30.3 Å². The molecular formula is C15H14N2O3S. The summed E-state index contributed by atoms with van der Waals surface area (Å²) in [6.45, 7) is 0. The number of amides is 2. The zero-order valence-corrected chi connectivity index (χ0v) is 12.3. The van der Waals surface area contributed by atoms with Gasteiger partial charge in [-0.1, -0.05) is 6.08 Å². The number of hydrogen-bond acceptors (Lipinski definition) is 4. The molecule has 1 atom stereocenters. The van der Waals surface area contributed by atoms with Crippen molar-refractivity contribution in [1.82, 2.24) is 4.90 Å². The minimum absolute atomic E-state index is 0.208. The van der Waals surface area contributed by atoms with Crippen LogP contribution in [-0.2, 0) is 9.53 Å². The fourth-order valence-electron chi connectivity index (χ4n) is 2.30. The first kappa shape index (κ1) is 13.8. The normalized spacial score (nSPS) is 20.4. The summed E-state index contributed by atoms with van der Waals surface area (Å²) < 4.78 is 5.17. The molecule has 2 aliphatic rings. The molecule has 1 N–H and O–H groups in total. The van der Waals surface area contributed by atoms with Gasteiger partial charge in [0.1, 0.15) is 6.10 Å². The molecule has 0 aromatic heterocycles. The largest absolute Gasteiger partial charge is 0.439 e. The molecule has 1 unspecified atom stereocenters. The van der Waals surface area contributed by atoms with Gasteiger partial charge in [0.25, 0.3) is 5.91 Å². The zero-order chi connectivity index (χ0) is 15.0. The highest BCUT2D eigenvalue weighted by atomic mass is 32.1. The lowest BCUT2D eigenvalue weighted by atomic mass is 10.0. The maximum absolute atomic E-state index is 12.2. The minimum atomic E-state index is -0.384. The van der Waals surface area contributed by atoms with Crippen LogP contribution >= 0.6 is 12.6 Å². The lowest BCUT2D eigenvalue weighted by Crippen LogP contribution is -2.22. The van der Waals surface area contributed by atoms with Gasteiger partial charge in [0.05, 0.1) is 5.70 Å². The molecule has 6 heteroatoms. The van der Waals surface area contributed by atoms with Crippen molar-refractivity contribution in [2.75, 3.05) is 12.4 Å². The molecule has 0 spiro atoms. The van der Waals surface area contributed by atoms with E-state index in [1.54, 1.807) is 43.5 Å². The van der Waals surface area contributed by atoms with Gasteiger partial charge in [0.2, 0.25) is 0 Å². The van der Waals surface area contributed by atoms with E-state index >= 15 is 0 Å². The highest BCUT2D eigenvalue weighted by Gasteiger charge is 2.36. The molecule has 1 saturated heterocycles. The van der Waals surface area contributed by atoms with Crippen molar-refractivity contribution in [3.63, 3.8) is 0 Å². The molecule has 21 heavy (non-hydrogen) atoms. The van der Waals surface area contributed by atoms with E-state index < -0.39 is 0 Å².